The monoisotopic (exact) mass is 214 g/mol. The standard InChI is InChI=1S/C15H18O/c1-2-5-13(6-3-1)15(9-4-10-15)14-7-11-16-12-8-14/h1-3,5-7H,4,8-12H2. The van der Waals surface area contributed by atoms with Gasteiger partial charge in [-0.15, -0.1) is 0 Å². The van der Waals surface area contributed by atoms with Gasteiger partial charge >= 0.3 is 0 Å². The second-order valence-corrected chi connectivity index (χ2v) is 4.86. The highest BCUT2D eigenvalue weighted by Gasteiger charge is 2.41. The fourth-order valence-electron chi connectivity index (χ4n) is 3.04. The quantitative estimate of drug-likeness (QED) is 0.685. The lowest BCUT2D eigenvalue weighted by Crippen LogP contribution is -2.37. The molecule has 16 heavy (non-hydrogen) atoms. The van der Waals surface area contributed by atoms with Gasteiger partial charge in [0.1, 0.15) is 0 Å². The third-order valence-electron chi connectivity index (χ3n) is 4.11. The zero-order chi connectivity index (χ0) is 10.8. The van der Waals surface area contributed by atoms with Crippen molar-refractivity contribution in [1.29, 1.82) is 0 Å². The topological polar surface area (TPSA) is 9.23 Å². The molecular weight excluding hydrogens is 196 g/mol. The highest BCUT2D eigenvalue weighted by molar-refractivity contribution is 5.39. The van der Waals surface area contributed by atoms with E-state index >= 15 is 0 Å². The van der Waals surface area contributed by atoms with Crippen LogP contribution >= 0.6 is 0 Å². The molecule has 1 nitrogen and oxygen atoms in total. The van der Waals surface area contributed by atoms with E-state index in [2.05, 4.69) is 36.4 Å². The summed E-state index contributed by atoms with van der Waals surface area (Å²) >= 11 is 0. The molecule has 0 unspecified atom stereocenters. The minimum atomic E-state index is 0.366. The Balaban J connectivity index is 1.97. The van der Waals surface area contributed by atoms with Crippen LogP contribution in [-0.4, -0.2) is 13.2 Å². The van der Waals surface area contributed by atoms with Gasteiger partial charge in [0.05, 0.1) is 13.2 Å². The Kier molecular flexibility index (Phi) is 2.56. The van der Waals surface area contributed by atoms with Gasteiger partial charge in [0.2, 0.25) is 0 Å². The van der Waals surface area contributed by atoms with Crippen molar-refractivity contribution in [1.82, 2.24) is 0 Å². The number of ether oxygens (including phenoxy) is 1. The highest BCUT2D eigenvalue weighted by atomic mass is 16.5. The van der Waals surface area contributed by atoms with Crippen LogP contribution in [-0.2, 0) is 10.2 Å². The first kappa shape index (κ1) is 10.1. The normalized spacial score (nSPS) is 23.4. The zero-order valence-electron chi connectivity index (χ0n) is 9.61. The van der Waals surface area contributed by atoms with Gasteiger partial charge in [0.25, 0.3) is 0 Å². The Morgan fingerprint density at radius 2 is 1.88 bits per heavy atom. The summed E-state index contributed by atoms with van der Waals surface area (Å²) in [7, 11) is 0. The second kappa shape index (κ2) is 4.06. The van der Waals surface area contributed by atoms with Crippen LogP contribution in [0.3, 0.4) is 0 Å². The molecule has 1 heterocycles. The third-order valence-corrected chi connectivity index (χ3v) is 4.11. The summed E-state index contributed by atoms with van der Waals surface area (Å²) in [4.78, 5) is 0. The molecule has 1 heteroatoms. The summed E-state index contributed by atoms with van der Waals surface area (Å²) in [5.74, 6) is 0. The van der Waals surface area contributed by atoms with Crippen molar-refractivity contribution < 1.29 is 4.74 Å². The Labute approximate surface area is 97.1 Å². The lowest BCUT2D eigenvalue weighted by atomic mass is 9.59. The Hall–Kier alpha value is -1.08. The van der Waals surface area contributed by atoms with E-state index in [4.69, 9.17) is 4.74 Å². The molecule has 2 aliphatic rings. The molecule has 1 saturated carbocycles. The van der Waals surface area contributed by atoms with Gasteiger partial charge in [-0.3, -0.25) is 0 Å². The molecule has 3 rings (SSSR count). The zero-order valence-corrected chi connectivity index (χ0v) is 9.61. The number of rotatable bonds is 2. The van der Waals surface area contributed by atoms with Gasteiger partial charge in [-0.25, -0.2) is 0 Å². The van der Waals surface area contributed by atoms with Gasteiger partial charge in [0.15, 0.2) is 0 Å². The molecule has 1 aromatic carbocycles. The molecule has 0 radical (unpaired) electrons. The van der Waals surface area contributed by atoms with Gasteiger partial charge in [-0.2, -0.15) is 0 Å². The molecule has 0 spiro atoms. The average Bonchev–Trinajstić information content (AvgIpc) is 2.31. The van der Waals surface area contributed by atoms with Gasteiger partial charge in [-0.05, 0) is 24.8 Å². The maximum absolute atomic E-state index is 5.42. The maximum atomic E-state index is 5.42. The van der Waals surface area contributed by atoms with E-state index in [1.54, 1.807) is 5.57 Å². The van der Waals surface area contributed by atoms with E-state index in [1.165, 1.54) is 24.8 Å². The minimum absolute atomic E-state index is 0.366. The molecular formula is C15H18O. The van der Waals surface area contributed by atoms with Crippen molar-refractivity contribution in [2.45, 2.75) is 31.1 Å². The first-order valence-electron chi connectivity index (χ1n) is 6.25. The van der Waals surface area contributed by atoms with Crippen LogP contribution < -0.4 is 0 Å². The predicted octanol–water partition coefficient (Wildman–Crippen LogP) is 3.46. The van der Waals surface area contributed by atoms with Crippen LogP contribution in [0.5, 0.6) is 0 Å². The maximum Gasteiger partial charge on any atom is 0.0650 e. The Morgan fingerprint density at radius 3 is 2.44 bits per heavy atom. The van der Waals surface area contributed by atoms with Crippen molar-refractivity contribution in [3.05, 3.63) is 47.5 Å². The third kappa shape index (κ3) is 1.51. The minimum Gasteiger partial charge on any atom is -0.377 e. The summed E-state index contributed by atoms with van der Waals surface area (Å²) in [5.41, 5.74) is 3.50. The molecule has 0 saturated heterocycles. The summed E-state index contributed by atoms with van der Waals surface area (Å²) < 4.78 is 5.42. The second-order valence-electron chi connectivity index (χ2n) is 4.86. The summed E-state index contributed by atoms with van der Waals surface area (Å²) in [6, 6.07) is 11.0. The molecule has 0 atom stereocenters. The molecule has 1 aliphatic carbocycles. The SMILES string of the molecule is C1=C(C2(c3ccccc3)CCC2)CCOC1. The van der Waals surface area contributed by atoms with Crippen molar-refractivity contribution in [2.75, 3.05) is 13.2 Å². The number of benzene rings is 1. The van der Waals surface area contributed by atoms with Gasteiger partial charge < -0.3 is 4.74 Å². The number of hydrogen-bond acceptors (Lipinski definition) is 1. The summed E-state index contributed by atoms with van der Waals surface area (Å²) in [6.45, 7) is 1.71. The lowest BCUT2D eigenvalue weighted by molar-refractivity contribution is 0.140. The van der Waals surface area contributed by atoms with Crippen molar-refractivity contribution in [3.63, 3.8) is 0 Å². The van der Waals surface area contributed by atoms with E-state index in [0.717, 1.165) is 19.6 Å². The summed E-state index contributed by atoms with van der Waals surface area (Å²) in [5, 5.41) is 0. The molecule has 0 bridgehead atoms. The van der Waals surface area contributed by atoms with Crippen LogP contribution in [0.1, 0.15) is 31.2 Å². The first-order chi connectivity index (χ1) is 7.92. The van der Waals surface area contributed by atoms with Crippen molar-refractivity contribution in [2.24, 2.45) is 0 Å². The van der Waals surface area contributed by atoms with E-state index in [-0.39, 0.29) is 0 Å². The van der Waals surface area contributed by atoms with Crippen LogP contribution in [0.2, 0.25) is 0 Å². The lowest BCUT2D eigenvalue weighted by Gasteiger charge is -2.45. The average molecular weight is 214 g/mol. The Bertz CT molecular complexity index is 387. The first-order valence-corrected chi connectivity index (χ1v) is 6.25. The van der Waals surface area contributed by atoms with Crippen molar-refractivity contribution in [3.8, 4) is 0 Å². The number of hydrogen-bond donors (Lipinski definition) is 0. The molecule has 0 N–H and O–H groups in total. The van der Waals surface area contributed by atoms with E-state index in [1.807, 2.05) is 0 Å². The fourth-order valence-corrected chi connectivity index (χ4v) is 3.04. The van der Waals surface area contributed by atoms with E-state index in [9.17, 15) is 0 Å². The smallest absolute Gasteiger partial charge is 0.0650 e. The molecule has 0 amide bonds. The Morgan fingerprint density at radius 1 is 1.06 bits per heavy atom. The molecule has 1 aromatic rings. The van der Waals surface area contributed by atoms with Crippen LogP contribution in [0.4, 0.5) is 0 Å². The molecule has 0 aromatic heterocycles. The molecule has 84 valence electrons. The van der Waals surface area contributed by atoms with E-state index < -0.39 is 0 Å². The van der Waals surface area contributed by atoms with Crippen molar-refractivity contribution >= 4 is 0 Å². The molecule has 1 fully saturated rings. The summed E-state index contributed by atoms with van der Waals surface area (Å²) in [6.07, 6.45) is 7.45. The van der Waals surface area contributed by atoms with Gasteiger partial charge in [-0.1, -0.05) is 48.4 Å². The fraction of sp³-hybridized carbons (Fsp3) is 0.467. The van der Waals surface area contributed by atoms with Crippen LogP contribution in [0.25, 0.3) is 0 Å². The van der Waals surface area contributed by atoms with Crippen LogP contribution in [0.15, 0.2) is 42.0 Å². The van der Waals surface area contributed by atoms with Gasteiger partial charge in [0, 0.05) is 5.41 Å². The largest absolute Gasteiger partial charge is 0.377 e. The van der Waals surface area contributed by atoms with Crippen LogP contribution in [0, 0.1) is 0 Å². The predicted molar refractivity (Wildman–Crippen MR) is 65.5 cm³/mol. The highest BCUT2D eigenvalue weighted by Crippen LogP contribution is 2.50. The van der Waals surface area contributed by atoms with E-state index in [0.29, 0.717) is 5.41 Å². The molecule has 1 aliphatic heterocycles.